The highest BCUT2D eigenvalue weighted by Gasteiger charge is 2.26. The van der Waals surface area contributed by atoms with E-state index in [1.54, 1.807) is 0 Å². The van der Waals surface area contributed by atoms with E-state index in [0.29, 0.717) is 42.8 Å². The number of nitrogens with zero attached hydrogens (tertiary/aromatic N) is 1. The van der Waals surface area contributed by atoms with Gasteiger partial charge in [-0.1, -0.05) is 13.3 Å². The summed E-state index contributed by atoms with van der Waals surface area (Å²) in [6.45, 7) is 2.47. The summed E-state index contributed by atoms with van der Waals surface area (Å²) in [7, 11) is 0. The maximum absolute atomic E-state index is 13.3. The molecule has 26 heavy (non-hydrogen) atoms. The number of nitrogens with one attached hydrogen (secondary N) is 1. The van der Waals surface area contributed by atoms with E-state index in [0.717, 1.165) is 12.8 Å². The molecule has 0 saturated heterocycles. The normalized spacial score (nSPS) is 13.4. The lowest BCUT2D eigenvalue weighted by Crippen LogP contribution is -2.36. The van der Waals surface area contributed by atoms with E-state index in [1.165, 1.54) is 34.9 Å². The van der Waals surface area contributed by atoms with Crippen molar-refractivity contribution in [3.05, 3.63) is 63.3 Å². The lowest BCUT2D eigenvalue weighted by molar-refractivity contribution is 0.0951. The van der Waals surface area contributed by atoms with Crippen LogP contribution in [0.25, 0.3) is 5.69 Å². The van der Waals surface area contributed by atoms with Crippen molar-refractivity contribution in [3.8, 4) is 5.69 Å². The quantitative estimate of drug-likeness (QED) is 0.838. The van der Waals surface area contributed by atoms with Gasteiger partial charge in [-0.05, 0) is 49.6 Å². The predicted octanol–water partition coefficient (Wildman–Crippen LogP) is 3.03. The van der Waals surface area contributed by atoms with Crippen molar-refractivity contribution >= 4 is 11.7 Å². The second-order valence-electron chi connectivity index (χ2n) is 6.42. The van der Waals surface area contributed by atoms with Gasteiger partial charge in [0, 0.05) is 29.9 Å². The Labute approximate surface area is 150 Å². The van der Waals surface area contributed by atoms with Crippen molar-refractivity contribution < 1.29 is 14.0 Å². The topological polar surface area (TPSA) is 68.2 Å². The van der Waals surface area contributed by atoms with Crippen LogP contribution in [0.2, 0.25) is 0 Å². The second kappa shape index (κ2) is 7.64. The third kappa shape index (κ3) is 3.45. The smallest absolute Gasteiger partial charge is 0.268 e. The highest BCUT2D eigenvalue weighted by atomic mass is 19.1. The van der Waals surface area contributed by atoms with Gasteiger partial charge in [-0.3, -0.25) is 19.0 Å². The molecule has 0 radical (unpaired) electrons. The standard InChI is InChI=1S/C20H21FN2O3/c1-2-3-11-22-19(25)16-12-15-17(5-4-6-18(15)24)23(20(16)26)14-9-7-13(21)8-10-14/h7-10,12H,2-6,11H2,1H3,(H,22,25). The van der Waals surface area contributed by atoms with Crippen molar-refractivity contribution in [2.75, 3.05) is 6.54 Å². The summed E-state index contributed by atoms with van der Waals surface area (Å²) < 4.78 is 14.7. The number of amides is 1. The third-order valence-corrected chi connectivity index (χ3v) is 4.57. The van der Waals surface area contributed by atoms with E-state index in [-0.39, 0.29) is 11.3 Å². The Morgan fingerprint density at radius 1 is 1.19 bits per heavy atom. The number of rotatable bonds is 5. The number of hydrogen-bond donors (Lipinski definition) is 1. The average Bonchev–Trinajstić information content (AvgIpc) is 2.63. The number of hydrogen-bond acceptors (Lipinski definition) is 3. The number of Topliss-reactive ketones (excluding diaryl/α,β-unsaturated/α-hetero) is 1. The fourth-order valence-corrected chi connectivity index (χ4v) is 3.19. The molecule has 0 aliphatic heterocycles. The number of halogens is 1. The lowest BCUT2D eigenvalue weighted by atomic mass is 9.92. The van der Waals surface area contributed by atoms with Gasteiger partial charge in [-0.2, -0.15) is 0 Å². The van der Waals surface area contributed by atoms with Crippen molar-refractivity contribution in [1.29, 1.82) is 0 Å². The van der Waals surface area contributed by atoms with E-state index < -0.39 is 17.3 Å². The summed E-state index contributed by atoms with van der Waals surface area (Å²) >= 11 is 0. The zero-order chi connectivity index (χ0) is 18.7. The number of pyridine rings is 1. The molecule has 1 amide bonds. The number of ketones is 1. The second-order valence-corrected chi connectivity index (χ2v) is 6.42. The minimum absolute atomic E-state index is 0.0561. The molecule has 136 valence electrons. The summed E-state index contributed by atoms with van der Waals surface area (Å²) in [5, 5.41) is 2.73. The van der Waals surface area contributed by atoms with Crippen molar-refractivity contribution in [2.24, 2.45) is 0 Å². The first-order valence-corrected chi connectivity index (χ1v) is 8.89. The summed E-state index contributed by atoms with van der Waals surface area (Å²) in [5.74, 6) is -0.981. The Balaban J connectivity index is 2.15. The molecule has 2 aromatic rings. The molecule has 1 aliphatic carbocycles. The molecule has 0 fully saturated rings. The predicted molar refractivity (Wildman–Crippen MR) is 96.5 cm³/mol. The van der Waals surface area contributed by atoms with Crippen LogP contribution in [-0.4, -0.2) is 22.8 Å². The van der Waals surface area contributed by atoms with Crippen LogP contribution in [-0.2, 0) is 6.42 Å². The fraction of sp³-hybridized carbons (Fsp3) is 0.350. The molecule has 1 aromatic carbocycles. The maximum atomic E-state index is 13.3. The molecule has 0 bridgehead atoms. The zero-order valence-corrected chi connectivity index (χ0v) is 14.7. The summed E-state index contributed by atoms with van der Waals surface area (Å²) in [4.78, 5) is 37.8. The van der Waals surface area contributed by atoms with Crippen LogP contribution in [0.3, 0.4) is 0 Å². The number of carbonyl (C=O) groups is 2. The van der Waals surface area contributed by atoms with Gasteiger partial charge in [0.25, 0.3) is 11.5 Å². The molecule has 5 nitrogen and oxygen atoms in total. The number of aromatic nitrogens is 1. The number of unbranched alkanes of at least 4 members (excludes halogenated alkanes) is 1. The Morgan fingerprint density at radius 2 is 1.92 bits per heavy atom. The average molecular weight is 356 g/mol. The highest BCUT2D eigenvalue weighted by Crippen LogP contribution is 2.23. The Kier molecular flexibility index (Phi) is 5.30. The number of carbonyl (C=O) groups excluding carboxylic acids is 2. The summed E-state index contributed by atoms with van der Waals surface area (Å²) in [5.41, 5.74) is 0.896. The molecule has 1 aromatic heterocycles. The van der Waals surface area contributed by atoms with Gasteiger partial charge in [-0.25, -0.2) is 4.39 Å². The molecule has 1 heterocycles. The van der Waals surface area contributed by atoms with Gasteiger partial charge in [0.1, 0.15) is 11.4 Å². The van der Waals surface area contributed by atoms with Crippen molar-refractivity contribution in [3.63, 3.8) is 0 Å². The van der Waals surface area contributed by atoms with Crippen LogP contribution in [0, 0.1) is 5.82 Å². The van der Waals surface area contributed by atoms with E-state index in [9.17, 15) is 18.8 Å². The Morgan fingerprint density at radius 3 is 2.62 bits per heavy atom. The van der Waals surface area contributed by atoms with Crippen LogP contribution in [0.5, 0.6) is 0 Å². The van der Waals surface area contributed by atoms with Crippen LogP contribution >= 0.6 is 0 Å². The van der Waals surface area contributed by atoms with E-state index in [4.69, 9.17) is 0 Å². The molecule has 0 unspecified atom stereocenters. The SMILES string of the molecule is CCCCNC(=O)c1cc2c(n(-c3ccc(F)cc3)c1=O)CCCC2=O. The highest BCUT2D eigenvalue weighted by molar-refractivity contribution is 6.01. The molecule has 0 atom stereocenters. The molecule has 0 spiro atoms. The fourth-order valence-electron chi connectivity index (χ4n) is 3.19. The molecule has 1 N–H and O–H groups in total. The molecular formula is C20H21FN2O3. The van der Waals surface area contributed by atoms with Gasteiger partial charge in [0.2, 0.25) is 0 Å². The summed E-state index contributed by atoms with van der Waals surface area (Å²) in [6.07, 6.45) is 3.33. The van der Waals surface area contributed by atoms with Crippen LogP contribution in [0.15, 0.2) is 35.1 Å². The Bertz CT molecular complexity index is 901. The van der Waals surface area contributed by atoms with Gasteiger partial charge in [0.05, 0.1) is 0 Å². The van der Waals surface area contributed by atoms with Gasteiger partial charge < -0.3 is 5.32 Å². The monoisotopic (exact) mass is 356 g/mol. The molecule has 3 rings (SSSR count). The minimum atomic E-state index is -0.487. The van der Waals surface area contributed by atoms with Crippen LogP contribution in [0.1, 0.15) is 59.0 Å². The van der Waals surface area contributed by atoms with Crippen LogP contribution in [0.4, 0.5) is 4.39 Å². The molecule has 0 saturated carbocycles. The van der Waals surface area contributed by atoms with Gasteiger partial charge in [0.15, 0.2) is 5.78 Å². The van der Waals surface area contributed by atoms with E-state index >= 15 is 0 Å². The van der Waals surface area contributed by atoms with Gasteiger partial charge >= 0.3 is 0 Å². The van der Waals surface area contributed by atoms with E-state index in [2.05, 4.69) is 5.32 Å². The maximum Gasteiger partial charge on any atom is 0.268 e. The van der Waals surface area contributed by atoms with Crippen molar-refractivity contribution in [2.45, 2.75) is 39.0 Å². The van der Waals surface area contributed by atoms with Crippen molar-refractivity contribution in [1.82, 2.24) is 9.88 Å². The molecular weight excluding hydrogens is 335 g/mol. The first-order chi connectivity index (χ1) is 12.5. The minimum Gasteiger partial charge on any atom is -0.352 e. The zero-order valence-electron chi connectivity index (χ0n) is 14.7. The van der Waals surface area contributed by atoms with Crippen LogP contribution < -0.4 is 10.9 Å². The first kappa shape index (κ1) is 18.0. The lowest BCUT2D eigenvalue weighted by Gasteiger charge is -2.21. The molecule has 1 aliphatic rings. The summed E-state index contributed by atoms with van der Waals surface area (Å²) in [6, 6.07) is 6.89. The number of fused-ring (bicyclic) bond motifs is 1. The first-order valence-electron chi connectivity index (χ1n) is 8.89. The Hall–Kier alpha value is -2.76. The largest absolute Gasteiger partial charge is 0.352 e. The van der Waals surface area contributed by atoms with E-state index in [1.807, 2.05) is 6.92 Å². The number of benzene rings is 1. The third-order valence-electron chi connectivity index (χ3n) is 4.57. The van der Waals surface area contributed by atoms with Gasteiger partial charge in [-0.15, -0.1) is 0 Å². The molecule has 6 heteroatoms.